The standard InChI is InChI=1S/C29H36N4O9/c1-19(2)25(31-28(38)40-17-20-11-7-5-8-12-20)23-16-29(42-32-23,18-41-21-13-9-6-10-14-21)27(37)30-22(15-24(34)35)26(36)33(3)39-4/h5-14,19,22,25H,15-18H2,1-4H3,(H,30,37)(H,31,38)(H,34,35)/t22-,25-,29?/m0/s1. The van der Waals surface area contributed by atoms with Crippen LogP contribution in [0.2, 0.25) is 0 Å². The Kier molecular flexibility index (Phi) is 11.3. The molecule has 2 aromatic carbocycles. The highest BCUT2D eigenvalue weighted by molar-refractivity contribution is 6.01. The van der Waals surface area contributed by atoms with E-state index in [1.54, 1.807) is 30.3 Å². The molecule has 42 heavy (non-hydrogen) atoms. The first-order chi connectivity index (χ1) is 20.0. The van der Waals surface area contributed by atoms with Crippen molar-refractivity contribution in [2.45, 2.75) is 51.0 Å². The van der Waals surface area contributed by atoms with Gasteiger partial charge in [-0.3, -0.25) is 19.2 Å². The quantitative estimate of drug-likeness (QED) is 0.283. The van der Waals surface area contributed by atoms with Crippen LogP contribution in [0, 0.1) is 5.92 Å². The number of likely N-dealkylation sites (N-methyl/N-ethyl adjacent to an activating group) is 1. The Bertz CT molecular complexity index is 1260. The number of carbonyl (C=O) groups excluding carboxylic acids is 3. The van der Waals surface area contributed by atoms with Crippen LogP contribution in [0.4, 0.5) is 4.79 Å². The van der Waals surface area contributed by atoms with Gasteiger partial charge in [0.2, 0.25) is 0 Å². The maximum atomic E-state index is 13.7. The Morgan fingerprint density at radius 1 is 1.05 bits per heavy atom. The fraction of sp³-hybridized carbons (Fsp3) is 0.414. The third kappa shape index (κ3) is 8.67. The van der Waals surface area contributed by atoms with E-state index in [1.807, 2.05) is 44.2 Å². The third-order valence-corrected chi connectivity index (χ3v) is 6.51. The number of aliphatic carboxylic acids is 1. The van der Waals surface area contributed by atoms with Crippen LogP contribution in [0.5, 0.6) is 5.75 Å². The van der Waals surface area contributed by atoms with Crippen LogP contribution in [-0.4, -0.2) is 78.2 Å². The average molecular weight is 585 g/mol. The number of carboxylic acid groups (broad SMARTS) is 1. The van der Waals surface area contributed by atoms with Gasteiger partial charge in [0, 0.05) is 13.5 Å². The molecule has 0 saturated carbocycles. The van der Waals surface area contributed by atoms with E-state index < -0.39 is 48.0 Å². The van der Waals surface area contributed by atoms with Gasteiger partial charge >= 0.3 is 12.1 Å². The molecule has 3 rings (SSSR count). The topological polar surface area (TPSA) is 165 Å². The largest absolute Gasteiger partial charge is 0.489 e. The molecular formula is C29H36N4O9. The number of nitrogens with one attached hydrogen (secondary N) is 2. The number of hydroxylamine groups is 2. The number of amides is 3. The van der Waals surface area contributed by atoms with Gasteiger partial charge in [0.15, 0.2) is 0 Å². The number of carboxylic acids is 1. The number of rotatable bonds is 14. The van der Waals surface area contributed by atoms with E-state index in [1.165, 1.54) is 14.2 Å². The summed E-state index contributed by atoms with van der Waals surface area (Å²) in [5, 5.41) is 19.6. The van der Waals surface area contributed by atoms with Crippen LogP contribution in [0.25, 0.3) is 0 Å². The molecule has 0 fully saturated rings. The molecule has 0 spiro atoms. The second-order valence-electron chi connectivity index (χ2n) is 10.0. The van der Waals surface area contributed by atoms with E-state index in [0.29, 0.717) is 11.5 Å². The number of hydrogen-bond donors (Lipinski definition) is 3. The third-order valence-electron chi connectivity index (χ3n) is 6.51. The molecule has 1 aliphatic rings. The van der Waals surface area contributed by atoms with Gasteiger partial charge in [0.25, 0.3) is 17.4 Å². The van der Waals surface area contributed by atoms with Crippen molar-refractivity contribution in [2.24, 2.45) is 11.1 Å². The van der Waals surface area contributed by atoms with Crippen molar-refractivity contribution in [3.63, 3.8) is 0 Å². The minimum Gasteiger partial charge on any atom is -0.489 e. The molecule has 3 amide bonds. The van der Waals surface area contributed by atoms with Gasteiger partial charge in [0.1, 0.15) is 25.0 Å². The summed E-state index contributed by atoms with van der Waals surface area (Å²) in [4.78, 5) is 61.2. The van der Waals surface area contributed by atoms with Crippen molar-refractivity contribution in [1.29, 1.82) is 0 Å². The molecule has 1 aliphatic heterocycles. The van der Waals surface area contributed by atoms with Gasteiger partial charge in [-0.2, -0.15) is 0 Å². The monoisotopic (exact) mass is 584 g/mol. The van der Waals surface area contributed by atoms with Crippen LogP contribution < -0.4 is 15.4 Å². The van der Waals surface area contributed by atoms with Crippen molar-refractivity contribution in [3.05, 3.63) is 66.2 Å². The van der Waals surface area contributed by atoms with Crippen LogP contribution in [0.15, 0.2) is 65.8 Å². The molecule has 0 radical (unpaired) electrons. The maximum absolute atomic E-state index is 13.7. The number of hydrogen-bond acceptors (Lipinski definition) is 9. The summed E-state index contributed by atoms with van der Waals surface area (Å²) in [5.41, 5.74) is -0.631. The van der Waals surface area contributed by atoms with Crippen molar-refractivity contribution in [3.8, 4) is 5.75 Å². The lowest BCUT2D eigenvalue weighted by Gasteiger charge is -2.29. The first-order valence-corrected chi connectivity index (χ1v) is 13.3. The minimum absolute atomic E-state index is 0.0621. The zero-order chi connectivity index (χ0) is 30.7. The molecule has 1 heterocycles. The molecule has 0 aromatic heterocycles. The van der Waals surface area contributed by atoms with Gasteiger partial charge in [-0.05, 0) is 23.6 Å². The number of carbonyl (C=O) groups is 4. The fourth-order valence-corrected chi connectivity index (χ4v) is 4.15. The SMILES string of the molecule is CON(C)C(=O)[C@H](CC(=O)O)NC(=O)C1(COc2ccccc2)CC([C@@H](NC(=O)OCc2ccccc2)C(C)C)=NO1. The number of alkyl carbamates (subject to hydrolysis) is 1. The normalized spacial score (nSPS) is 17.3. The van der Waals surface area contributed by atoms with Crippen molar-refractivity contribution >= 4 is 29.6 Å². The molecular weight excluding hydrogens is 548 g/mol. The molecule has 1 unspecified atom stereocenters. The van der Waals surface area contributed by atoms with E-state index in [9.17, 15) is 24.3 Å². The number of para-hydroxylation sites is 1. The van der Waals surface area contributed by atoms with E-state index in [0.717, 1.165) is 10.6 Å². The highest BCUT2D eigenvalue weighted by Gasteiger charge is 2.51. The smallest absolute Gasteiger partial charge is 0.408 e. The van der Waals surface area contributed by atoms with E-state index >= 15 is 0 Å². The van der Waals surface area contributed by atoms with Crippen LogP contribution in [0.1, 0.15) is 32.3 Å². The lowest BCUT2D eigenvalue weighted by molar-refractivity contribution is -0.174. The maximum Gasteiger partial charge on any atom is 0.408 e. The van der Waals surface area contributed by atoms with Crippen molar-refractivity contribution < 1.29 is 43.4 Å². The Labute approximate surface area is 243 Å². The first kappa shape index (κ1) is 31.9. The summed E-state index contributed by atoms with van der Waals surface area (Å²) < 4.78 is 11.2. The second-order valence-corrected chi connectivity index (χ2v) is 10.0. The highest BCUT2D eigenvalue weighted by Crippen LogP contribution is 2.29. The van der Waals surface area contributed by atoms with Crippen molar-refractivity contribution in [2.75, 3.05) is 20.8 Å². The average Bonchev–Trinajstić information content (AvgIpc) is 3.42. The zero-order valence-corrected chi connectivity index (χ0v) is 23.9. The summed E-state index contributed by atoms with van der Waals surface area (Å²) in [6, 6.07) is 15.7. The zero-order valence-electron chi connectivity index (χ0n) is 23.9. The molecule has 13 heteroatoms. The Balaban J connectivity index is 1.79. The molecule has 2 aromatic rings. The fourth-order valence-electron chi connectivity index (χ4n) is 4.15. The van der Waals surface area contributed by atoms with Gasteiger partial charge in [-0.15, -0.1) is 0 Å². The Hall–Kier alpha value is -4.65. The van der Waals surface area contributed by atoms with Crippen LogP contribution >= 0.6 is 0 Å². The lowest BCUT2D eigenvalue weighted by atomic mass is 9.89. The second kappa shape index (κ2) is 14.8. The highest BCUT2D eigenvalue weighted by atomic mass is 16.7. The summed E-state index contributed by atoms with van der Waals surface area (Å²) in [6.07, 6.45) is -1.51. The van der Waals surface area contributed by atoms with Gasteiger partial charge in [0.05, 0.1) is 25.3 Å². The van der Waals surface area contributed by atoms with E-state index in [4.69, 9.17) is 19.1 Å². The van der Waals surface area contributed by atoms with Crippen LogP contribution in [0.3, 0.4) is 0 Å². The summed E-state index contributed by atoms with van der Waals surface area (Å²) in [6.45, 7) is 3.44. The molecule has 13 nitrogen and oxygen atoms in total. The minimum atomic E-state index is -1.78. The predicted octanol–water partition coefficient (Wildman–Crippen LogP) is 2.51. The van der Waals surface area contributed by atoms with Crippen LogP contribution in [-0.2, 0) is 35.4 Å². The molecule has 3 N–H and O–H groups in total. The van der Waals surface area contributed by atoms with Crippen molar-refractivity contribution in [1.82, 2.24) is 15.7 Å². The molecule has 3 atom stereocenters. The Morgan fingerprint density at radius 2 is 1.69 bits per heavy atom. The number of benzene rings is 2. The first-order valence-electron chi connectivity index (χ1n) is 13.3. The van der Waals surface area contributed by atoms with E-state index in [-0.39, 0.29) is 25.6 Å². The number of ether oxygens (including phenoxy) is 2. The van der Waals surface area contributed by atoms with E-state index in [2.05, 4.69) is 15.8 Å². The number of nitrogens with zero attached hydrogens (tertiary/aromatic N) is 2. The molecule has 0 saturated heterocycles. The summed E-state index contributed by atoms with van der Waals surface area (Å²) in [5.74, 6) is -2.65. The lowest BCUT2D eigenvalue weighted by Crippen LogP contribution is -2.58. The molecule has 0 bridgehead atoms. The van der Waals surface area contributed by atoms with Gasteiger partial charge in [-0.1, -0.05) is 67.5 Å². The molecule has 226 valence electrons. The Morgan fingerprint density at radius 3 is 2.29 bits per heavy atom. The summed E-state index contributed by atoms with van der Waals surface area (Å²) in [7, 11) is 2.53. The summed E-state index contributed by atoms with van der Waals surface area (Å²) >= 11 is 0. The molecule has 0 aliphatic carbocycles. The van der Waals surface area contributed by atoms with Gasteiger partial charge in [-0.25, -0.2) is 9.86 Å². The van der Waals surface area contributed by atoms with Gasteiger partial charge < -0.3 is 30.1 Å². The predicted molar refractivity (Wildman–Crippen MR) is 150 cm³/mol. The number of oxime groups is 1.